The lowest BCUT2D eigenvalue weighted by atomic mass is 10.3. The number of hydrogen-bond donors (Lipinski definition) is 3. The fourth-order valence-electron chi connectivity index (χ4n) is 1.78. The largest absolute Gasteiger partial charge is 0.491 e. The summed E-state index contributed by atoms with van der Waals surface area (Å²) < 4.78 is 30.9. The molecule has 1 amide bonds. The number of aliphatic hydroxyl groups excluding tert-OH is 1. The molecule has 1 atom stereocenters. The van der Waals surface area contributed by atoms with E-state index in [-0.39, 0.29) is 18.9 Å². The van der Waals surface area contributed by atoms with Crippen molar-refractivity contribution >= 4 is 5.91 Å². The van der Waals surface area contributed by atoms with Crippen LogP contribution in [0.25, 0.3) is 0 Å². The van der Waals surface area contributed by atoms with Crippen LogP contribution in [0.4, 0.5) is 8.78 Å². The van der Waals surface area contributed by atoms with Crippen molar-refractivity contribution in [3.8, 4) is 5.75 Å². The summed E-state index contributed by atoms with van der Waals surface area (Å²) in [6.45, 7) is 1.68. The third kappa shape index (κ3) is 4.75. The van der Waals surface area contributed by atoms with Gasteiger partial charge in [0, 0.05) is 19.0 Å². The predicted octanol–water partition coefficient (Wildman–Crippen LogP) is 1.42. The molecular formula is C15H17F2N3O3. The third-order valence-corrected chi connectivity index (χ3v) is 3.04. The number of ether oxygens (including phenoxy) is 1. The Balaban J connectivity index is 1.77. The number of nitrogens with zero attached hydrogens (tertiary/aromatic N) is 1. The Morgan fingerprint density at radius 1 is 1.43 bits per heavy atom. The van der Waals surface area contributed by atoms with Gasteiger partial charge in [0.05, 0.1) is 6.20 Å². The van der Waals surface area contributed by atoms with Crippen LogP contribution in [0, 0.1) is 11.6 Å². The summed E-state index contributed by atoms with van der Waals surface area (Å²) in [4.78, 5) is 18.7. The summed E-state index contributed by atoms with van der Waals surface area (Å²) in [5, 5.41) is 12.3. The minimum absolute atomic E-state index is 0.0526. The Labute approximate surface area is 131 Å². The highest BCUT2D eigenvalue weighted by molar-refractivity contribution is 5.92. The number of aromatic nitrogens is 2. The highest BCUT2D eigenvalue weighted by Crippen LogP contribution is 2.15. The molecule has 1 unspecified atom stereocenters. The summed E-state index contributed by atoms with van der Waals surface area (Å²) in [7, 11) is 0. The van der Waals surface area contributed by atoms with E-state index in [1.807, 2.05) is 6.92 Å². The highest BCUT2D eigenvalue weighted by Gasteiger charge is 2.12. The van der Waals surface area contributed by atoms with E-state index in [0.717, 1.165) is 12.1 Å². The molecule has 0 saturated carbocycles. The molecule has 2 aromatic rings. The molecule has 0 radical (unpaired) electrons. The Morgan fingerprint density at radius 3 is 2.87 bits per heavy atom. The van der Waals surface area contributed by atoms with Gasteiger partial charge in [0.2, 0.25) is 0 Å². The van der Waals surface area contributed by atoms with E-state index in [1.54, 1.807) is 0 Å². The minimum Gasteiger partial charge on any atom is -0.491 e. The normalized spacial score (nSPS) is 12.0. The second-order valence-corrected chi connectivity index (χ2v) is 4.85. The van der Waals surface area contributed by atoms with Crippen LogP contribution in [0.15, 0.2) is 24.4 Å². The van der Waals surface area contributed by atoms with Crippen LogP contribution >= 0.6 is 0 Å². The number of carbonyl (C=O) groups excluding carboxylic acids is 1. The summed E-state index contributed by atoms with van der Waals surface area (Å²) in [6.07, 6.45) is 1.09. The number of carbonyl (C=O) groups is 1. The molecule has 0 bridgehead atoms. The molecule has 0 saturated heterocycles. The molecule has 1 aromatic carbocycles. The van der Waals surface area contributed by atoms with Crippen LogP contribution in [0.2, 0.25) is 0 Å². The molecule has 1 heterocycles. The van der Waals surface area contributed by atoms with Gasteiger partial charge in [0.25, 0.3) is 5.91 Å². The van der Waals surface area contributed by atoms with Crippen molar-refractivity contribution in [1.29, 1.82) is 0 Å². The van der Waals surface area contributed by atoms with Gasteiger partial charge in [-0.15, -0.1) is 0 Å². The maximum absolute atomic E-state index is 13.0. The van der Waals surface area contributed by atoms with Gasteiger partial charge < -0.3 is 20.1 Å². The Morgan fingerprint density at radius 2 is 2.22 bits per heavy atom. The van der Waals surface area contributed by atoms with Crippen LogP contribution in [0.3, 0.4) is 0 Å². The molecule has 0 aliphatic rings. The Hall–Kier alpha value is -2.48. The number of rotatable bonds is 7. The van der Waals surface area contributed by atoms with Gasteiger partial charge in [0.15, 0.2) is 11.6 Å². The van der Waals surface area contributed by atoms with E-state index in [0.29, 0.717) is 17.9 Å². The first-order valence-corrected chi connectivity index (χ1v) is 7.07. The fraction of sp³-hybridized carbons (Fsp3) is 0.333. The third-order valence-electron chi connectivity index (χ3n) is 3.04. The van der Waals surface area contributed by atoms with Crippen LogP contribution in [-0.2, 0) is 6.42 Å². The Kier molecular flexibility index (Phi) is 5.64. The monoisotopic (exact) mass is 325 g/mol. The lowest BCUT2D eigenvalue weighted by molar-refractivity contribution is 0.0839. The maximum atomic E-state index is 13.0. The number of aromatic amines is 1. The zero-order valence-electron chi connectivity index (χ0n) is 12.5. The topological polar surface area (TPSA) is 87.2 Å². The lowest BCUT2D eigenvalue weighted by Gasteiger charge is -2.13. The summed E-state index contributed by atoms with van der Waals surface area (Å²) >= 11 is 0. The number of halogens is 2. The molecule has 2 rings (SSSR count). The minimum atomic E-state index is -1.03. The van der Waals surface area contributed by atoms with E-state index in [4.69, 9.17) is 4.74 Å². The number of hydrogen-bond acceptors (Lipinski definition) is 4. The van der Waals surface area contributed by atoms with Gasteiger partial charge in [0.1, 0.15) is 30.0 Å². The lowest BCUT2D eigenvalue weighted by Crippen LogP contribution is -2.35. The predicted molar refractivity (Wildman–Crippen MR) is 78.2 cm³/mol. The Bertz CT molecular complexity index is 676. The number of benzene rings is 1. The van der Waals surface area contributed by atoms with Crippen molar-refractivity contribution in [3.63, 3.8) is 0 Å². The number of H-pyrrole nitrogens is 1. The van der Waals surface area contributed by atoms with Crippen molar-refractivity contribution in [2.45, 2.75) is 19.4 Å². The molecule has 3 N–H and O–H groups in total. The van der Waals surface area contributed by atoms with Gasteiger partial charge in [-0.3, -0.25) is 4.79 Å². The summed E-state index contributed by atoms with van der Waals surface area (Å²) in [5.41, 5.74) is 0.301. The molecule has 1 aromatic heterocycles. The summed E-state index contributed by atoms with van der Waals surface area (Å²) in [5.74, 6) is -1.62. The van der Waals surface area contributed by atoms with Crippen LogP contribution < -0.4 is 10.1 Å². The van der Waals surface area contributed by atoms with E-state index in [9.17, 15) is 18.7 Å². The number of imidazole rings is 1. The summed E-state index contributed by atoms with van der Waals surface area (Å²) in [6, 6.07) is 3.07. The van der Waals surface area contributed by atoms with Gasteiger partial charge >= 0.3 is 0 Å². The van der Waals surface area contributed by atoms with Gasteiger partial charge in [-0.05, 0) is 12.1 Å². The molecule has 0 spiro atoms. The number of aryl methyl sites for hydroxylation is 1. The first kappa shape index (κ1) is 16.9. The fourth-order valence-corrected chi connectivity index (χ4v) is 1.78. The number of aliphatic hydroxyl groups is 1. The molecule has 0 aliphatic heterocycles. The van der Waals surface area contributed by atoms with E-state index >= 15 is 0 Å². The van der Waals surface area contributed by atoms with Gasteiger partial charge in [-0.25, -0.2) is 13.8 Å². The molecular weight excluding hydrogens is 308 g/mol. The number of amides is 1. The standard InChI is InChI=1S/C15H17F2N3O3/c1-2-14-18-7-13(20-14)15(22)19-6-9(21)8-23-10-3-4-11(16)12(17)5-10/h3-5,7,9,21H,2,6,8H2,1H3,(H,18,20)(H,19,22). The van der Waals surface area contributed by atoms with Crippen LogP contribution in [-0.4, -0.2) is 40.2 Å². The zero-order valence-corrected chi connectivity index (χ0v) is 12.5. The average Bonchev–Trinajstić information content (AvgIpc) is 3.03. The first-order chi connectivity index (χ1) is 11.0. The SMILES string of the molecule is CCc1ncc(C(=O)NCC(O)COc2ccc(F)c(F)c2)[nH]1. The van der Waals surface area contributed by atoms with Crippen LogP contribution in [0.5, 0.6) is 5.75 Å². The van der Waals surface area contributed by atoms with E-state index < -0.39 is 23.6 Å². The molecule has 124 valence electrons. The quantitative estimate of drug-likeness (QED) is 0.718. The molecule has 0 aliphatic carbocycles. The van der Waals surface area contributed by atoms with E-state index in [1.165, 1.54) is 12.3 Å². The van der Waals surface area contributed by atoms with Crippen molar-refractivity contribution in [2.24, 2.45) is 0 Å². The first-order valence-electron chi connectivity index (χ1n) is 7.07. The highest BCUT2D eigenvalue weighted by atomic mass is 19.2. The molecule has 6 nitrogen and oxygen atoms in total. The second kappa shape index (κ2) is 7.68. The number of nitrogens with one attached hydrogen (secondary N) is 2. The smallest absolute Gasteiger partial charge is 0.269 e. The van der Waals surface area contributed by atoms with Crippen molar-refractivity contribution in [2.75, 3.05) is 13.2 Å². The molecule has 8 heteroatoms. The second-order valence-electron chi connectivity index (χ2n) is 4.85. The molecule has 23 heavy (non-hydrogen) atoms. The van der Waals surface area contributed by atoms with Gasteiger partial charge in [-0.2, -0.15) is 0 Å². The van der Waals surface area contributed by atoms with Crippen molar-refractivity contribution in [1.82, 2.24) is 15.3 Å². The van der Waals surface area contributed by atoms with Crippen molar-refractivity contribution in [3.05, 3.63) is 47.5 Å². The van der Waals surface area contributed by atoms with E-state index in [2.05, 4.69) is 15.3 Å². The van der Waals surface area contributed by atoms with Crippen molar-refractivity contribution < 1.29 is 23.4 Å². The average molecular weight is 325 g/mol. The van der Waals surface area contributed by atoms with Gasteiger partial charge in [-0.1, -0.05) is 6.92 Å². The maximum Gasteiger partial charge on any atom is 0.269 e. The molecule has 0 fully saturated rings. The van der Waals surface area contributed by atoms with Crippen LogP contribution in [0.1, 0.15) is 23.2 Å². The zero-order chi connectivity index (χ0) is 16.8.